The Labute approximate surface area is 119 Å². The third kappa shape index (κ3) is 3.11. The van der Waals surface area contributed by atoms with E-state index < -0.39 is 0 Å². The summed E-state index contributed by atoms with van der Waals surface area (Å²) in [5.41, 5.74) is 6.48. The number of carbonyl (C=O) groups excluding carboxylic acids is 1. The zero-order chi connectivity index (χ0) is 14.5. The lowest BCUT2D eigenvalue weighted by Gasteiger charge is -2.15. The topological polar surface area (TPSA) is 70.8 Å². The fourth-order valence-corrected chi connectivity index (χ4v) is 2.26. The Hall–Kier alpha value is -1.59. The van der Waals surface area contributed by atoms with Crippen molar-refractivity contribution in [2.24, 2.45) is 11.7 Å². The number of benzene rings is 1. The van der Waals surface area contributed by atoms with Gasteiger partial charge in [-0.25, -0.2) is 0 Å². The molecular weight excluding hydrogens is 258 g/mol. The summed E-state index contributed by atoms with van der Waals surface area (Å²) in [7, 11) is 0. The predicted octanol–water partition coefficient (Wildman–Crippen LogP) is 1.64. The highest BCUT2D eigenvalue weighted by Gasteiger charge is 2.32. The Kier molecular flexibility index (Phi) is 4.98. The van der Waals surface area contributed by atoms with Gasteiger partial charge < -0.3 is 19.9 Å². The molecule has 1 aromatic carbocycles. The lowest BCUT2D eigenvalue weighted by Crippen LogP contribution is -2.34. The molecule has 1 heterocycles. The third-order valence-corrected chi connectivity index (χ3v) is 3.29. The van der Waals surface area contributed by atoms with Crippen molar-refractivity contribution in [2.45, 2.75) is 19.9 Å². The second-order valence-electron chi connectivity index (χ2n) is 4.70. The molecule has 0 amide bonds. The van der Waals surface area contributed by atoms with Crippen LogP contribution < -0.4 is 15.2 Å². The average molecular weight is 279 g/mol. The summed E-state index contributed by atoms with van der Waals surface area (Å²) in [6.07, 6.45) is 0. The first-order valence-electron chi connectivity index (χ1n) is 6.94. The van der Waals surface area contributed by atoms with Crippen LogP contribution in [0.3, 0.4) is 0 Å². The Balaban J connectivity index is 2.23. The maximum absolute atomic E-state index is 12.4. The Morgan fingerprint density at radius 2 is 1.95 bits per heavy atom. The first-order valence-corrected chi connectivity index (χ1v) is 6.94. The summed E-state index contributed by atoms with van der Waals surface area (Å²) in [5.74, 6) is 0.965. The maximum atomic E-state index is 12.4. The summed E-state index contributed by atoms with van der Waals surface area (Å²) in [4.78, 5) is 12.4. The molecule has 1 aliphatic heterocycles. The van der Waals surface area contributed by atoms with E-state index in [1.165, 1.54) is 0 Å². The molecule has 110 valence electrons. The molecule has 2 rings (SSSR count). The van der Waals surface area contributed by atoms with E-state index in [0.29, 0.717) is 43.5 Å². The number of Topliss-reactive ketones (excluding diaryl/α,β-unsaturated/α-hetero) is 1. The second kappa shape index (κ2) is 6.72. The lowest BCUT2D eigenvalue weighted by molar-refractivity contribution is 0.0895. The number of hydrogen-bond donors (Lipinski definition) is 1. The minimum absolute atomic E-state index is 0.000925. The van der Waals surface area contributed by atoms with Crippen LogP contribution in [0.15, 0.2) is 18.2 Å². The molecule has 20 heavy (non-hydrogen) atoms. The van der Waals surface area contributed by atoms with Crippen molar-refractivity contribution in [3.05, 3.63) is 23.8 Å². The van der Waals surface area contributed by atoms with Crippen molar-refractivity contribution < 1.29 is 19.0 Å². The van der Waals surface area contributed by atoms with Crippen molar-refractivity contribution >= 4 is 5.78 Å². The highest BCUT2D eigenvalue weighted by atomic mass is 16.5. The molecule has 2 N–H and O–H groups in total. The molecule has 1 fully saturated rings. The lowest BCUT2D eigenvalue weighted by atomic mass is 9.94. The quantitative estimate of drug-likeness (QED) is 0.802. The van der Waals surface area contributed by atoms with Gasteiger partial charge in [0.25, 0.3) is 0 Å². The fourth-order valence-electron chi connectivity index (χ4n) is 2.26. The molecule has 5 nitrogen and oxygen atoms in total. The van der Waals surface area contributed by atoms with Crippen LogP contribution in [0.25, 0.3) is 0 Å². The van der Waals surface area contributed by atoms with E-state index >= 15 is 0 Å². The van der Waals surface area contributed by atoms with E-state index in [-0.39, 0.29) is 17.7 Å². The Morgan fingerprint density at radius 3 is 2.55 bits per heavy atom. The van der Waals surface area contributed by atoms with Crippen LogP contribution in [0.1, 0.15) is 24.2 Å². The van der Waals surface area contributed by atoms with Crippen molar-refractivity contribution in [2.75, 3.05) is 26.4 Å². The fraction of sp³-hybridized carbons (Fsp3) is 0.533. The van der Waals surface area contributed by atoms with Crippen LogP contribution in [-0.4, -0.2) is 38.3 Å². The maximum Gasteiger partial charge on any atom is 0.170 e. The largest absolute Gasteiger partial charge is 0.490 e. The molecule has 0 spiro atoms. The number of hydrogen-bond acceptors (Lipinski definition) is 5. The SMILES string of the molecule is CCOc1ccc(C(=O)C2COCC2N)cc1OCC. The van der Waals surface area contributed by atoms with E-state index in [1.54, 1.807) is 18.2 Å². The van der Waals surface area contributed by atoms with Crippen LogP contribution in [0.2, 0.25) is 0 Å². The minimum atomic E-state index is -0.276. The minimum Gasteiger partial charge on any atom is -0.490 e. The van der Waals surface area contributed by atoms with Crippen molar-refractivity contribution in [1.29, 1.82) is 0 Å². The predicted molar refractivity (Wildman–Crippen MR) is 75.4 cm³/mol. The molecule has 1 aromatic rings. The van der Waals surface area contributed by atoms with Gasteiger partial charge in [0, 0.05) is 11.6 Å². The van der Waals surface area contributed by atoms with Gasteiger partial charge in [0.1, 0.15) is 0 Å². The summed E-state index contributed by atoms with van der Waals surface area (Å²) >= 11 is 0. The summed E-state index contributed by atoms with van der Waals surface area (Å²) < 4.78 is 16.3. The molecular formula is C15H21NO4. The first-order chi connectivity index (χ1) is 9.67. The summed E-state index contributed by atoms with van der Waals surface area (Å²) in [5, 5.41) is 0. The van der Waals surface area contributed by atoms with Crippen molar-refractivity contribution in [3.63, 3.8) is 0 Å². The number of carbonyl (C=O) groups is 1. The summed E-state index contributed by atoms with van der Waals surface area (Å²) in [6, 6.07) is 5.01. The van der Waals surface area contributed by atoms with Gasteiger partial charge in [-0.15, -0.1) is 0 Å². The van der Waals surface area contributed by atoms with E-state index in [1.807, 2.05) is 13.8 Å². The van der Waals surface area contributed by atoms with Gasteiger partial charge in [0.15, 0.2) is 17.3 Å². The highest BCUT2D eigenvalue weighted by Crippen LogP contribution is 2.30. The van der Waals surface area contributed by atoms with Gasteiger partial charge in [0.2, 0.25) is 0 Å². The first kappa shape index (κ1) is 14.8. The molecule has 1 aliphatic rings. The standard InChI is InChI=1S/C15H21NO4/c1-3-19-13-6-5-10(7-14(13)20-4-2)15(17)11-8-18-9-12(11)16/h5-7,11-12H,3-4,8-9,16H2,1-2H3. The zero-order valence-corrected chi connectivity index (χ0v) is 11.9. The van der Waals surface area contributed by atoms with E-state index in [9.17, 15) is 4.79 Å². The smallest absolute Gasteiger partial charge is 0.170 e. The van der Waals surface area contributed by atoms with Gasteiger partial charge in [-0.2, -0.15) is 0 Å². The van der Waals surface area contributed by atoms with Gasteiger partial charge >= 0.3 is 0 Å². The number of nitrogens with two attached hydrogens (primary N) is 1. The van der Waals surface area contributed by atoms with Crippen LogP contribution in [0, 0.1) is 5.92 Å². The molecule has 1 saturated heterocycles. The average Bonchev–Trinajstić information content (AvgIpc) is 2.86. The highest BCUT2D eigenvalue weighted by molar-refractivity contribution is 5.99. The number of ketones is 1. The normalized spacial score (nSPS) is 21.8. The molecule has 0 aromatic heterocycles. The molecule has 2 unspecified atom stereocenters. The Morgan fingerprint density at radius 1 is 1.25 bits per heavy atom. The molecule has 0 bridgehead atoms. The van der Waals surface area contributed by atoms with Gasteiger partial charge in [-0.1, -0.05) is 0 Å². The van der Waals surface area contributed by atoms with E-state index in [0.717, 1.165) is 0 Å². The van der Waals surface area contributed by atoms with Gasteiger partial charge in [-0.05, 0) is 32.0 Å². The molecule has 0 radical (unpaired) electrons. The molecule has 2 atom stereocenters. The Bertz CT molecular complexity index is 475. The number of rotatable bonds is 6. The van der Waals surface area contributed by atoms with Crippen LogP contribution in [-0.2, 0) is 4.74 Å². The zero-order valence-electron chi connectivity index (χ0n) is 11.9. The van der Waals surface area contributed by atoms with Crippen LogP contribution >= 0.6 is 0 Å². The molecule has 0 aliphatic carbocycles. The van der Waals surface area contributed by atoms with Crippen molar-refractivity contribution in [3.8, 4) is 11.5 Å². The molecule has 5 heteroatoms. The molecule has 0 saturated carbocycles. The van der Waals surface area contributed by atoms with Crippen LogP contribution in [0.4, 0.5) is 0 Å². The monoisotopic (exact) mass is 279 g/mol. The third-order valence-electron chi connectivity index (χ3n) is 3.29. The van der Waals surface area contributed by atoms with Gasteiger partial charge in [-0.3, -0.25) is 4.79 Å². The summed E-state index contributed by atoms with van der Waals surface area (Å²) in [6.45, 7) is 5.69. The van der Waals surface area contributed by atoms with Gasteiger partial charge in [0.05, 0.1) is 32.3 Å². The van der Waals surface area contributed by atoms with Crippen LogP contribution in [0.5, 0.6) is 11.5 Å². The van der Waals surface area contributed by atoms with Crippen molar-refractivity contribution in [1.82, 2.24) is 0 Å². The number of ether oxygens (including phenoxy) is 3. The van der Waals surface area contributed by atoms with E-state index in [4.69, 9.17) is 19.9 Å². The second-order valence-corrected chi connectivity index (χ2v) is 4.70. The van der Waals surface area contributed by atoms with E-state index in [2.05, 4.69) is 0 Å².